The van der Waals surface area contributed by atoms with Gasteiger partial charge >= 0.3 is 11.9 Å². The van der Waals surface area contributed by atoms with E-state index in [1.54, 1.807) is 23.1 Å². The maximum atomic E-state index is 13.5. The molecule has 3 rings (SSSR count). The number of nitrogens with zero attached hydrogens (tertiary/aromatic N) is 1. The molecule has 0 saturated carbocycles. The molecule has 42 heavy (non-hydrogen) atoms. The third-order valence-electron chi connectivity index (χ3n) is 7.52. The van der Waals surface area contributed by atoms with Crippen LogP contribution >= 0.6 is 0 Å². The maximum Gasteiger partial charge on any atom is 0.338 e. The van der Waals surface area contributed by atoms with Crippen LogP contribution in [0.15, 0.2) is 72.8 Å². The first kappa shape index (κ1) is 32.7. The molecule has 0 heterocycles. The van der Waals surface area contributed by atoms with Gasteiger partial charge in [0.15, 0.2) is 0 Å². The van der Waals surface area contributed by atoms with Crippen LogP contribution in [0, 0.1) is 5.82 Å². The Kier molecular flexibility index (Phi) is 11.6. The molecule has 6 nitrogen and oxygen atoms in total. The quantitative estimate of drug-likeness (QED) is 0.155. The molecule has 0 spiro atoms. The van der Waals surface area contributed by atoms with Crippen molar-refractivity contribution in [2.24, 2.45) is 0 Å². The Bertz CT molecular complexity index is 1350. The van der Waals surface area contributed by atoms with Gasteiger partial charge in [0.1, 0.15) is 11.9 Å². The zero-order valence-electron chi connectivity index (χ0n) is 25.5. The molecular formula is C34H42FNO5Si. The Morgan fingerprint density at radius 2 is 1.52 bits per heavy atom. The predicted octanol–water partition coefficient (Wildman–Crippen LogP) is 7.22. The van der Waals surface area contributed by atoms with E-state index in [1.165, 1.54) is 19.2 Å². The Morgan fingerprint density at radius 3 is 2.12 bits per heavy atom. The Morgan fingerprint density at radius 1 is 0.905 bits per heavy atom. The smallest absolute Gasteiger partial charge is 0.338 e. The fourth-order valence-corrected chi connectivity index (χ4v) is 4.91. The van der Waals surface area contributed by atoms with Crippen molar-refractivity contribution in [2.75, 3.05) is 7.11 Å². The SMILES string of the molecule is CCCCC(=O)N(Cc1ccc(-c2ccccc2C(=O)OC(C)[Si](C)(C)C)cc1)[C@@H](Cc1ccc(F)cc1)C(=O)OC. The predicted molar refractivity (Wildman–Crippen MR) is 166 cm³/mol. The lowest BCUT2D eigenvalue weighted by Crippen LogP contribution is -2.46. The third-order valence-corrected chi connectivity index (χ3v) is 10.1. The summed E-state index contributed by atoms with van der Waals surface area (Å²) in [4.78, 5) is 41.0. The van der Waals surface area contributed by atoms with E-state index in [-0.39, 0.29) is 36.4 Å². The van der Waals surface area contributed by atoms with E-state index in [1.807, 2.05) is 56.3 Å². The second-order valence-electron chi connectivity index (χ2n) is 11.7. The number of unbranched alkanes of at least 4 members (excludes halogenated alkanes) is 1. The summed E-state index contributed by atoms with van der Waals surface area (Å²) in [6.45, 7) is 10.6. The van der Waals surface area contributed by atoms with E-state index >= 15 is 0 Å². The second-order valence-corrected chi connectivity index (χ2v) is 17.2. The highest BCUT2D eigenvalue weighted by atomic mass is 28.3. The van der Waals surface area contributed by atoms with E-state index < -0.39 is 20.1 Å². The van der Waals surface area contributed by atoms with Crippen LogP contribution in [0.1, 0.15) is 54.6 Å². The second kappa shape index (κ2) is 14.9. The summed E-state index contributed by atoms with van der Waals surface area (Å²) in [5, 5.41) is 0. The highest BCUT2D eigenvalue weighted by Crippen LogP contribution is 2.27. The summed E-state index contributed by atoms with van der Waals surface area (Å²) in [6, 6.07) is 20.0. The molecule has 1 unspecified atom stereocenters. The van der Waals surface area contributed by atoms with Gasteiger partial charge in [-0.25, -0.2) is 14.0 Å². The zero-order valence-corrected chi connectivity index (χ0v) is 26.5. The molecule has 0 aromatic heterocycles. The maximum absolute atomic E-state index is 13.5. The van der Waals surface area contributed by atoms with E-state index in [0.717, 1.165) is 28.7 Å². The van der Waals surface area contributed by atoms with Crippen molar-refractivity contribution in [2.45, 2.75) is 77.5 Å². The highest BCUT2D eigenvalue weighted by Gasteiger charge is 2.31. The summed E-state index contributed by atoms with van der Waals surface area (Å²) >= 11 is 0. The molecule has 3 aromatic rings. The largest absolute Gasteiger partial charge is 0.467 e. The first-order valence-corrected chi connectivity index (χ1v) is 18.0. The van der Waals surface area contributed by atoms with Gasteiger partial charge in [0.05, 0.1) is 26.5 Å². The van der Waals surface area contributed by atoms with Crippen LogP contribution in [-0.4, -0.2) is 49.7 Å². The van der Waals surface area contributed by atoms with Gasteiger partial charge in [-0.15, -0.1) is 0 Å². The van der Waals surface area contributed by atoms with Crippen molar-refractivity contribution in [3.63, 3.8) is 0 Å². The molecule has 224 valence electrons. The van der Waals surface area contributed by atoms with Crippen LogP contribution < -0.4 is 0 Å². The van der Waals surface area contributed by atoms with E-state index in [0.29, 0.717) is 18.4 Å². The molecule has 2 atom stereocenters. The van der Waals surface area contributed by atoms with Gasteiger partial charge in [0.25, 0.3) is 0 Å². The lowest BCUT2D eigenvalue weighted by atomic mass is 9.98. The van der Waals surface area contributed by atoms with Crippen molar-refractivity contribution in [3.05, 3.63) is 95.3 Å². The topological polar surface area (TPSA) is 72.9 Å². The summed E-state index contributed by atoms with van der Waals surface area (Å²) < 4.78 is 24.4. The minimum Gasteiger partial charge on any atom is -0.467 e. The van der Waals surface area contributed by atoms with Crippen LogP contribution in [0.4, 0.5) is 4.39 Å². The average Bonchev–Trinajstić information content (AvgIpc) is 2.98. The fraction of sp³-hybridized carbons (Fsp3) is 0.382. The van der Waals surface area contributed by atoms with Gasteiger partial charge in [-0.1, -0.05) is 87.6 Å². The number of methoxy groups -OCH3 is 1. The molecule has 8 heteroatoms. The number of amides is 1. The minimum absolute atomic E-state index is 0.130. The van der Waals surface area contributed by atoms with Crippen molar-refractivity contribution < 1.29 is 28.2 Å². The molecule has 0 aliphatic carbocycles. The third kappa shape index (κ3) is 8.86. The number of halogens is 1. The van der Waals surface area contributed by atoms with Gasteiger partial charge in [0.2, 0.25) is 5.91 Å². The van der Waals surface area contributed by atoms with Crippen molar-refractivity contribution in [1.82, 2.24) is 4.90 Å². The molecule has 0 N–H and O–H groups in total. The number of rotatable bonds is 13. The molecule has 0 bridgehead atoms. The Hall–Kier alpha value is -3.78. The van der Waals surface area contributed by atoms with Crippen LogP contribution in [-0.2, 0) is 32.0 Å². The van der Waals surface area contributed by atoms with E-state index in [2.05, 4.69) is 19.6 Å². The van der Waals surface area contributed by atoms with Gasteiger partial charge in [0, 0.05) is 19.4 Å². The summed E-state index contributed by atoms with van der Waals surface area (Å²) in [7, 11) is -0.365. The van der Waals surface area contributed by atoms with E-state index in [4.69, 9.17) is 9.47 Å². The van der Waals surface area contributed by atoms with Crippen LogP contribution in [0.25, 0.3) is 11.1 Å². The van der Waals surface area contributed by atoms with Gasteiger partial charge in [-0.3, -0.25) is 4.79 Å². The minimum atomic E-state index is -1.67. The first-order chi connectivity index (χ1) is 19.9. The van der Waals surface area contributed by atoms with Crippen molar-refractivity contribution >= 4 is 25.9 Å². The van der Waals surface area contributed by atoms with E-state index in [9.17, 15) is 18.8 Å². The number of ether oxygens (including phenoxy) is 2. The number of hydrogen-bond donors (Lipinski definition) is 0. The molecular weight excluding hydrogens is 549 g/mol. The zero-order chi connectivity index (χ0) is 30.9. The number of hydrogen-bond acceptors (Lipinski definition) is 5. The molecule has 3 aromatic carbocycles. The number of carbonyl (C=O) groups excluding carboxylic acids is 3. The molecule has 1 amide bonds. The first-order valence-electron chi connectivity index (χ1n) is 14.5. The van der Waals surface area contributed by atoms with Crippen LogP contribution in [0.5, 0.6) is 0 Å². The molecule has 0 radical (unpaired) electrons. The van der Waals surface area contributed by atoms with Gasteiger partial charge in [-0.2, -0.15) is 0 Å². The highest BCUT2D eigenvalue weighted by molar-refractivity contribution is 6.77. The fourth-order valence-electron chi connectivity index (χ4n) is 4.44. The summed E-state index contributed by atoms with van der Waals surface area (Å²) in [5.41, 5.74) is 3.51. The van der Waals surface area contributed by atoms with Crippen molar-refractivity contribution in [1.29, 1.82) is 0 Å². The van der Waals surface area contributed by atoms with Crippen LogP contribution in [0.3, 0.4) is 0 Å². The summed E-state index contributed by atoms with van der Waals surface area (Å²) in [6.07, 6.45) is 2.04. The monoisotopic (exact) mass is 591 g/mol. The van der Waals surface area contributed by atoms with Crippen molar-refractivity contribution in [3.8, 4) is 11.1 Å². The molecule has 0 saturated heterocycles. The average molecular weight is 592 g/mol. The molecule has 0 aliphatic heterocycles. The van der Waals surface area contributed by atoms with Gasteiger partial charge in [-0.05, 0) is 53.8 Å². The number of benzene rings is 3. The molecule has 0 fully saturated rings. The van der Waals surface area contributed by atoms with Gasteiger partial charge < -0.3 is 14.4 Å². The Labute approximate surface area is 249 Å². The van der Waals surface area contributed by atoms with Crippen LogP contribution in [0.2, 0.25) is 19.6 Å². The normalized spacial score (nSPS) is 12.7. The number of carbonyl (C=O) groups is 3. The molecule has 0 aliphatic rings. The Balaban J connectivity index is 1.89. The standard InChI is InChI=1S/C34H42FNO5Si/c1-7-8-13-32(37)36(31(34(39)40-3)22-25-16-20-28(35)21-17-25)23-26-14-18-27(19-15-26)29-11-9-10-12-30(29)33(38)41-24(2)42(4,5)6/h9-12,14-21,24,31H,7-8,13,22-23H2,1-6H3/t24?,31-/m0/s1. The lowest BCUT2D eigenvalue weighted by molar-refractivity contribution is -0.153. The lowest BCUT2D eigenvalue weighted by Gasteiger charge is -2.30. The summed E-state index contributed by atoms with van der Waals surface area (Å²) in [5.74, 6) is -1.40. The number of esters is 2.